The molecule has 10 heavy (non-hydrogen) atoms. The molecule has 0 radical (unpaired) electrons. The van der Waals surface area contributed by atoms with E-state index in [1.54, 1.807) is 6.08 Å². The SMILES string of the molecule is CC=C(C#N)C(C)CC#N. The molecule has 0 heterocycles. The van der Waals surface area contributed by atoms with Crippen molar-refractivity contribution >= 4 is 0 Å². The molecule has 2 heteroatoms. The Balaban J connectivity index is 4.10. The van der Waals surface area contributed by atoms with Gasteiger partial charge in [0.25, 0.3) is 0 Å². The Kier molecular flexibility index (Phi) is 4.00. The van der Waals surface area contributed by atoms with E-state index in [0.29, 0.717) is 12.0 Å². The summed E-state index contributed by atoms with van der Waals surface area (Å²) in [5.74, 6) is 0.0833. The van der Waals surface area contributed by atoms with Gasteiger partial charge in [0.2, 0.25) is 0 Å². The second-order valence-corrected chi connectivity index (χ2v) is 2.12. The van der Waals surface area contributed by atoms with Crippen molar-refractivity contribution in [2.45, 2.75) is 20.3 Å². The van der Waals surface area contributed by atoms with E-state index in [2.05, 4.69) is 0 Å². The summed E-state index contributed by atoms with van der Waals surface area (Å²) in [6, 6.07) is 4.07. The first-order chi connectivity index (χ1) is 4.76. The molecule has 0 aromatic carbocycles. The maximum Gasteiger partial charge on any atom is 0.0946 e. The van der Waals surface area contributed by atoms with Gasteiger partial charge >= 0.3 is 0 Å². The van der Waals surface area contributed by atoms with Crippen molar-refractivity contribution < 1.29 is 0 Å². The summed E-state index contributed by atoms with van der Waals surface area (Å²) >= 11 is 0. The van der Waals surface area contributed by atoms with Crippen LogP contribution in [0.2, 0.25) is 0 Å². The normalized spacial score (nSPS) is 13.4. The van der Waals surface area contributed by atoms with Crippen LogP contribution in [0.15, 0.2) is 11.6 Å². The highest BCUT2D eigenvalue weighted by molar-refractivity contribution is 5.22. The fraction of sp³-hybridized carbons (Fsp3) is 0.500. The minimum Gasteiger partial charge on any atom is -0.198 e. The average Bonchev–Trinajstić information content (AvgIpc) is 1.91. The molecule has 0 aliphatic rings. The molecule has 0 rings (SSSR count). The van der Waals surface area contributed by atoms with E-state index in [1.807, 2.05) is 26.0 Å². The minimum atomic E-state index is 0.0833. The van der Waals surface area contributed by atoms with Crippen LogP contribution in [0.5, 0.6) is 0 Å². The molecule has 0 aliphatic heterocycles. The molecule has 0 spiro atoms. The van der Waals surface area contributed by atoms with Crippen LogP contribution in [0.1, 0.15) is 20.3 Å². The monoisotopic (exact) mass is 134 g/mol. The van der Waals surface area contributed by atoms with Crippen LogP contribution in [0, 0.1) is 28.6 Å². The number of nitriles is 2. The second kappa shape index (κ2) is 4.58. The fourth-order valence-corrected chi connectivity index (χ4v) is 0.706. The highest BCUT2D eigenvalue weighted by Crippen LogP contribution is 2.11. The zero-order valence-corrected chi connectivity index (χ0v) is 6.26. The van der Waals surface area contributed by atoms with Gasteiger partial charge in [0.1, 0.15) is 0 Å². The maximum absolute atomic E-state index is 8.50. The van der Waals surface area contributed by atoms with Crippen molar-refractivity contribution in [3.05, 3.63) is 11.6 Å². The Morgan fingerprint density at radius 2 is 2.20 bits per heavy atom. The summed E-state index contributed by atoms with van der Waals surface area (Å²) in [6.07, 6.45) is 2.18. The summed E-state index contributed by atoms with van der Waals surface area (Å²) in [5, 5.41) is 16.8. The Hall–Kier alpha value is -1.28. The molecule has 1 unspecified atom stereocenters. The van der Waals surface area contributed by atoms with Crippen LogP contribution in [-0.2, 0) is 0 Å². The molecule has 0 fully saturated rings. The standard InChI is InChI=1S/C8H10N2/c1-3-8(6-10)7(2)4-5-9/h3,7H,4H2,1-2H3. The zero-order valence-electron chi connectivity index (χ0n) is 6.26. The van der Waals surface area contributed by atoms with E-state index in [9.17, 15) is 0 Å². The van der Waals surface area contributed by atoms with Gasteiger partial charge in [-0.05, 0) is 6.92 Å². The molecule has 0 N–H and O–H groups in total. The molecule has 0 aromatic heterocycles. The van der Waals surface area contributed by atoms with Gasteiger partial charge in [-0.3, -0.25) is 0 Å². The fourth-order valence-electron chi connectivity index (χ4n) is 0.706. The van der Waals surface area contributed by atoms with Gasteiger partial charge in [0.05, 0.1) is 12.1 Å². The number of hydrogen-bond acceptors (Lipinski definition) is 2. The molecule has 2 nitrogen and oxygen atoms in total. The van der Waals surface area contributed by atoms with E-state index in [4.69, 9.17) is 10.5 Å². The Morgan fingerprint density at radius 3 is 2.50 bits per heavy atom. The maximum atomic E-state index is 8.50. The molecule has 1 atom stereocenters. The van der Waals surface area contributed by atoms with Crippen LogP contribution < -0.4 is 0 Å². The number of allylic oxidation sites excluding steroid dienone is 2. The van der Waals surface area contributed by atoms with Gasteiger partial charge in [0.15, 0.2) is 0 Å². The van der Waals surface area contributed by atoms with Crippen molar-refractivity contribution in [3.8, 4) is 12.1 Å². The van der Waals surface area contributed by atoms with Crippen molar-refractivity contribution in [1.82, 2.24) is 0 Å². The van der Waals surface area contributed by atoms with Gasteiger partial charge in [-0.15, -0.1) is 0 Å². The van der Waals surface area contributed by atoms with E-state index in [1.165, 1.54) is 0 Å². The molecule has 0 amide bonds. The van der Waals surface area contributed by atoms with Gasteiger partial charge < -0.3 is 0 Å². The van der Waals surface area contributed by atoms with E-state index in [-0.39, 0.29) is 5.92 Å². The predicted octanol–water partition coefficient (Wildman–Crippen LogP) is 2.01. The quantitative estimate of drug-likeness (QED) is 0.542. The van der Waals surface area contributed by atoms with E-state index < -0.39 is 0 Å². The van der Waals surface area contributed by atoms with Gasteiger partial charge in [0, 0.05) is 17.9 Å². The first-order valence-electron chi connectivity index (χ1n) is 3.19. The third-order valence-electron chi connectivity index (χ3n) is 1.37. The summed E-state index contributed by atoms with van der Waals surface area (Å²) in [6.45, 7) is 3.69. The summed E-state index contributed by atoms with van der Waals surface area (Å²) in [7, 11) is 0. The number of hydrogen-bond donors (Lipinski definition) is 0. The van der Waals surface area contributed by atoms with Crippen LogP contribution in [0.4, 0.5) is 0 Å². The van der Waals surface area contributed by atoms with Crippen molar-refractivity contribution in [3.63, 3.8) is 0 Å². The zero-order chi connectivity index (χ0) is 7.98. The largest absolute Gasteiger partial charge is 0.198 e. The molecule has 0 aliphatic carbocycles. The molecular formula is C8H10N2. The lowest BCUT2D eigenvalue weighted by Crippen LogP contribution is -1.94. The summed E-state index contributed by atoms with van der Waals surface area (Å²) in [5.41, 5.74) is 0.696. The molecule has 0 aromatic rings. The first kappa shape index (κ1) is 8.72. The highest BCUT2D eigenvalue weighted by Gasteiger charge is 2.04. The summed E-state index contributed by atoms with van der Waals surface area (Å²) < 4.78 is 0. The smallest absolute Gasteiger partial charge is 0.0946 e. The molecule has 0 saturated carbocycles. The molecule has 0 saturated heterocycles. The average molecular weight is 134 g/mol. The molecule has 0 bridgehead atoms. The Labute approximate surface area is 61.4 Å². The second-order valence-electron chi connectivity index (χ2n) is 2.12. The minimum absolute atomic E-state index is 0.0833. The van der Waals surface area contributed by atoms with Crippen molar-refractivity contribution in [2.75, 3.05) is 0 Å². The highest BCUT2D eigenvalue weighted by atomic mass is 14.3. The third kappa shape index (κ3) is 2.33. The van der Waals surface area contributed by atoms with E-state index >= 15 is 0 Å². The van der Waals surface area contributed by atoms with Crippen LogP contribution in [0.3, 0.4) is 0 Å². The van der Waals surface area contributed by atoms with Crippen molar-refractivity contribution in [2.24, 2.45) is 5.92 Å². The molecule has 52 valence electrons. The summed E-state index contributed by atoms with van der Waals surface area (Å²) in [4.78, 5) is 0. The van der Waals surface area contributed by atoms with Crippen LogP contribution >= 0.6 is 0 Å². The predicted molar refractivity (Wildman–Crippen MR) is 38.8 cm³/mol. The van der Waals surface area contributed by atoms with Gasteiger partial charge in [-0.2, -0.15) is 10.5 Å². The van der Waals surface area contributed by atoms with Crippen LogP contribution in [0.25, 0.3) is 0 Å². The van der Waals surface area contributed by atoms with Gasteiger partial charge in [-0.1, -0.05) is 13.0 Å². The van der Waals surface area contributed by atoms with Crippen LogP contribution in [-0.4, -0.2) is 0 Å². The lowest BCUT2D eigenvalue weighted by molar-refractivity contribution is 0.722. The topological polar surface area (TPSA) is 47.6 Å². The van der Waals surface area contributed by atoms with Gasteiger partial charge in [-0.25, -0.2) is 0 Å². The Bertz CT molecular complexity index is 202. The number of rotatable bonds is 2. The first-order valence-corrected chi connectivity index (χ1v) is 3.19. The van der Waals surface area contributed by atoms with E-state index in [0.717, 1.165) is 0 Å². The number of nitrogens with zero attached hydrogens (tertiary/aromatic N) is 2. The molecular weight excluding hydrogens is 124 g/mol. The Morgan fingerprint density at radius 1 is 1.60 bits per heavy atom. The third-order valence-corrected chi connectivity index (χ3v) is 1.37. The van der Waals surface area contributed by atoms with Crippen molar-refractivity contribution in [1.29, 1.82) is 10.5 Å². The lowest BCUT2D eigenvalue weighted by atomic mass is 10.00. The lowest BCUT2D eigenvalue weighted by Gasteiger charge is -2.01.